The molecule has 0 spiro atoms. The molecule has 0 aliphatic heterocycles. The van der Waals surface area contributed by atoms with Crippen molar-refractivity contribution in [3.8, 4) is 11.6 Å². The number of furan rings is 1. The van der Waals surface area contributed by atoms with Crippen LogP contribution in [0.1, 0.15) is 0 Å². The summed E-state index contributed by atoms with van der Waals surface area (Å²) in [7, 11) is 1.66. The highest BCUT2D eigenvalue weighted by molar-refractivity contribution is 6.28. The van der Waals surface area contributed by atoms with E-state index in [0.717, 1.165) is 11.2 Å². The van der Waals surface area contributed by atoms with Crippen LogP contribution in [0.3, 0.4) is 0 Å². The van der Waals surface area contributed by atoms with Crippen molar-refractivity contribution in [1.29, 1.82) is 0 Å². The summed E-state index contributed by atoms with van der Waals surface area (Å²) in [5, 5.41) is 0.341. The molecule has 0 atom stereocenters. The van der Waals surface area contributed by atoms with Crippen LogP contribution in [-0.4, -0.2) is 28.3 Å². The Labute approximate surface area is 114 Å². The fourth-order valence-corrected chi connectivity index (χ4v) is 2.12. The first-order valence-corrected chi connectivity index (χ1v) is 6.23. The van der Waals surface area contributed by atoms with E-state index in [0.29, 0.717) is 30.0 Å². The SMILES string of the molecule is COCCn1c(-c2ccc(Cl)o2)nc2cccnc21. The van der Waals surface area contributed by atoms with Crippen LogP contribution in [0.4, 0.5) is 0 Å². The Morgan fingerprint density at radius 3 is 3.00 bits per heavy atom. The molecule has 3 aromatic heterocycles. The fourth-order valence-electron chi connectivity index (χ4n) is 1.98. The largest absolute Gasteiger partial charge is 0.441 e. The highest BCUT2D eigenvalue weighted by Gasteiger charge is 2.15. The van der Waals surface area contributed by atoms with Crippen LogP contribution in [0.25, 0.3) is 22.7 Å². The zero-order chi connectivity index (χ0) is 13.2. The molecule has 5 nitrogen and oxygen atoms in total. The van der Waals surface area contributed by atoms with Crippen LogP contribution in [0, 0.1) is 0 Å². The standard InChI is InChI=1S/C13H12ClN3O2/c1-18-8-7-17-12-9(3-2-6-15-12)16-13(17)10-4-5-11(14)19-10/h2-6H,7-8H2,1H3. The van der Waals surface area contributed by atoms with Crippen LogP contribution in [0.5, 0.6) is 0 Å². The molecule has 98 valence electrons. The van der Waals surface area contributed by atoms with Crippen LogP contribution in [0.2, 0.25) is 5.22 Å². The summed E-state index contributed by atoms with van der Waals surface area (Å²) in [6.07, 6.45) is 1.74. The molecule has 0 N–H and O–H groups in total. The second-order valence-corrected chi connectivity index (χ2v) is 4.40. The first-order chi connectivity index (χ1) is 9.29. The summed E-state index contributed by atoms with van der Waals surface area (Å²) >= 11 is 5.82. The van der Waals surface area contributed by atoms with E-state index < -0.39 is 0 Å². The minimum Gasteiger partial charge on any atom is -0.441 e. The second kappa shape index (κ2) is 5.03. The van der Waals surface area contributed by atoms with E-state index in [-0.39, 0.29) is 0 Å². The molecule has 0 radical (unpaired) electrons. The molecule has 0 bridgehead atoms. The lowest BCUT2D eigenvalue weighted by atomic mass is 10.4. The summed E-state index contributed by atoms with van der Waals surface area (Å²) in [6, 6.07) is 7.27. The number of halogens is 1. The molecule has 3 rings (SSSR count). The van der Waals surface area contributed by atoms with Gasteiger partial charge in [-0.25, -0.2) is 9.97 Å². The van der Waals surface area contributed by atoms with Crippen molar-refractivity contribution in [1.82, 2.24) is 14.5 Å². The maximum atomic E-state index is 5.82. The normalized spacial score (nSPS) is 11.3. The van der Waals surface area contributed by atoms with Crippen LogP contribution >= 0.6 is 11.6 Å². The lowest BCUT2D eigenvalue weighted by molar-refractivity contribution is 0.188. The van der Waals surface area contributed by atoms with Gasteiger partial charge in [0, 0.05) is 19.9 Å². The summed E-state index contributed by atoms with van der Waals surface area (Å²) in [6.45, 7) is 1.22. The number of nitrogens with zero attached hydrogens (tertiary/aromatic N) is 3. The zero-order valence-corrected chi connectivity index (χ0v) is 11.1. The topological polar surface area (TPSA) is 53.1 Å². The van der Waals surface area contributed by atoms with Gasteiger partial charge in [0.15, 0.2) is 22.5 Å². The third kappa shape index (κ3) is 2.22. The molecule has 0 saturated heterocycles. The minimum atomic E-state index is 0.341. The Morgan fingerprint density at radius 1 is 1.37 bits per heavy atom. The minimum absolute atomic E-state index is 0.341. The number of ether oxygens (including phenoxy) is 1. The molecular formula is C13H12ClN3O2. The molecule has 19 heavy (non-hydrogen) atoms. The third-order valence-corrected chi connectivity index (χ3v) is 3.02. The van der Waals surface area contributed by atoms with Crippen LogP contribution < -0.4 is 0 Å². The van der Waals surface area contributed by atoms with E-state index >= 15 is 0 Å². The van der Waals surface area contributed by atoms with Gasteiger partial charge in [0.2, 0.25) is 0 Å². The Hall–Kier alpha value is -1.85. The summed E-state index contributed by atoms with van der Waals surface area (Å²) < 4.78 is 12.5. The van der Waals surface area contributed by atoms with Crippen molar-refractivity contribution >= 4 is 22.8 Å². The van der Waals surface area contributed by atoms with Gasteiger partial charge in [-0.15, -0.1) is 0 Å². The smallest absolute Gasteiger partial charge is 0.194 e. The molecule has 0 aliphatic carbocycles. The van der Waals surface area contributed by atoms with Crippen molar-refractivity contribution in [2.45, 2.75) is 6.54 Å². The van der Waals surface area contributed by atoms with E-state index in [9.17, 15) is 0 Å². The van der Waals surface area contributed by atoms with Gasteiger partial charge in [-0.2, -0.15) is 0 Å². The Morgan fingerprint density at radius 2 is 2.26 bits per heavy atom. The van der Waals surface area contributed by atoms with Gasteiger partial charge in [-0.05, 0) is 35.9 Å². The van der Waals surface area contributed by atoms with Crippen molar-refractivity contribution < 1.29 is 9.15 Å². The highest BCUT2D eigenvalue weighted by Crippen LogP contribution is 2.26. The number of pyridine rings is 1. The van der Waals surface area contributed by atoms with Crippen molar-refractivity contribution in [3.05, 3.63) is 35.7 Å². The molecule has 0 amide bonds. The molecule has 0 fully saturated rings. The van der Waals surface area contributed by atoms with E-state index in [1.807, 2.05) is 16.7 Å². The summed E-state index contributed by atoms with van der Waals surface area (Å²) in [4.78, 5) is 8.90. The number of hydrogen-bond donors (Lipinski definition) is 0. The summed E-state index contributed by atoms with van der Waals surface area (Å²) in [5.74, 6) is 1.33. The first kappa shape index (κ1) is 12.2. The number of aromatic nitrogens is 3. The van der Waals surface area contributed by atoms with Crippen LogP contribution in [0.15, 0.2) is 34.9 Å². The van der Waals surface area contributed by atoms with E-state index in [1.165, 1.54) is 0 Å². The van der Waals surface area contributed by atoms with Gasteiger partial charge in [0.1, 0.15) is 5.52 Å². The van der Waals surface area contributed by atoms with Crippen LogP contribution in [-0.2, 0) is 11.3 Å². The molecule has 3 aromatic rings. The fraction of sp³-hybridized carbons (Fsp3) is 0.231. The van der Waals surface area contributed by atoms with Crippen molar-refractivity contribution in [2.75, 3.05) is 13.7 Å². The maximum absolute atomic E-state index is 5.82. The number of methoxy groups -OCH3 is 1. The monoisotopic (exact) mass is 277 g/mol. The molecule has 3 heterocycles. The Balaban J connectivity index is 2.16. The maximum Gasteiger partial charge on any atom is 0.194 e. The lowest BCUT2D eigenvalue weighted by Gasteiger charge is -2.05. The van der Waals surface area contributed by atoms with Gasteiger partial charge in [-0.1, -0.05) is 0 Å². The van der Waals surface area contributed by atoms with Gasteiger partial charge in [0.25, 0.3) is 0 Å². The number of hydrogen-bond acceptors (Lipinski definition) is 4. The van der Waals surface area contributed by atoms with E-state index in [4.69, 9.17) is 20.8 Å². The molecular weight excluding hydrogens is 266 g/mol. The average Bonchev–Trinajstić information content (AvgIpc) is 3.00. The lowest BCUT2D eigenvalue weighted by Crippen LogP contribution is -2.06. The molecule has 0 saturated carbocycles. The summed E-state index contributed by atoms with van der Waals surface area (Å²) in [5.41, 5.74) is 1.63. The predicted octanol–water partition coefficient (Wildman–Crippen LogP) is 2.99. The van der Waals surface area contributed by atoms with E-state index in [1.54, 1.807) is 25.4 Å². The van der Waals surface area contributed by atoms with Gasteiger partial charge >= 0.3 is 0 Å². The Kier molecular flexibility index (Phi) is 3.23. The van der Waals surface area contributed by atoms with Gasteiger partial charge in [-0.3, -0.25) is 0 Å². The second-order valence-electron chi connectivity index (χ2n) is 4.03. The predicted molar refractivity (Wildman–Crippen MR) is 72.1 cm³/mol. The average molecular weight is 278 g/mol. The molecule has 0 aliphatic rings. The van der Waals surface area contributed by atoms with E-state index in [2.05, 4.69) is 9.97 Å². The highest BCUT2D eigenvalue weighted by atomic mass is 35.5. The quantitative estimate of drug-likeness (QED) is 0.736. The van der Waals surface area contributed by atoms with Gasteiger partial charge in [0.05, 0.1) is 6.61 Å². The van der Waals surface area contributed by atoms with Crippen molar-refractivity contribution in [2.24, 2.45) is 0 Å². The van der Waals surface area contributed by atoms with Gasteiger partial charge < -0.3 is 13.7 Å². The number of imidazole rings is 1. The first-order valence-electron chi connectivity index (χ1n) is 5.85. The van der Waals surface area contributed by atoms with Crippen molar-refractivity contribution in [3.63, 3.8) is 0 Å². The number of fused-ring (bicyclic) bond motifs is 1. The molecule has 6 heteroatoms. The molecule has 0 aromatic carbocycles. The Bertz CT molecular complexity index is 705. The zero-order valence-electron chi connectivity index (χ0n) is 10.3. The molecule has 0 unspecified atom stereocenters. The number of rotatable bonds is 4. The third-order valence-electron chi connectivity index (χ3n) is 2.82.